The molecule has 0 aromatic rings. The van der Waals surface area contributed by atoms with Crippen LogP contribution in [0.25, 0.3) is 0 Å². The van der Waals surface area contributed by atoms with Crippen LogP contribution in [-0.4, -0.2) is 36.6 Å². The van der Waals surface area contributed by atoms with Crippen molar-refractivity contribution in [3.8, 4) is 0 Å². The number of carbonyl (C=O) groups excluding carboxylic acids is 2. The average Bonchev–Trinajstić information content (AvgIpc) is 2.52. The third-order valence-corrected chi connectivity index (χ3v) is 3.38. The van der Waals surface area contributed by atoms with Gasteiger partial charge in [-0.05, 0) is 12.8 Å². The van der Waals surface area contributed by atoms with E-state index in [0.29, 0.717) is 6.42 Å². The summed E-state index contributed by atoms with van der Waals surface area (Å²) in [6.45, 7) is 5.34. The van der Waals surface area contributed by atoms with Gasteiger partial charge in [-0.1, -0.05) is 45.1 Å². The van der Waals surface area contributed by atoms with Gasteiger partial charge in [0.1, 0.15) is 6.04 Å². The number of esters is 1. The van der Waals surface area contributed by atoms with E-state index in [1.165, 1.54) is 5.32 Å². The Morgan fingerprint density at radius 2 is 1.64 bits per heavy atom. The summed E-state index contributed by atoms with van der Waals surface area (Å²) in [6.07, 6.45) is 0.278. The van der Waals surface area contributed by atoms with E-state index in [-0.39, 0.29) is 13.0 Å². The van der Waals surface area contributed by atoms with Gasteiger partial charge in [-0.2, -0.15) is 22.0 Å². The zero-order chi connectivity index (χ0) is 19.5. The fourth-order valence-electron chi connectivity index (χ4n) is 1.91. The van der Waals surface area contributed by atoms with Gasteiger partial charge in [-0.25, -0.2) is 4.79 Å². The molecule has 0 bridgehead atoms. The van der Waals surface area contributed by atoms with Crippen LogP contribution in [0.2, 0.25) is 0 Å². The molecule has 1 amide bonds. The molecule has 0 heterocycles. The third-order valence-electron chi connectivity index (χ3n) is 3.38. The van der Waals surface area contributed by atoms with Gasteiger partial charge in [0.05, 0.1) is 6.61 Å². The van der Waals surface area contributed by atoms with E-state index in [2.05, 4.69) is 13.5 Å². The van der Waals surface area contributed by atoms with Crippen LogP contribution in [0.5, 0.6) is 0 Å². The molecule has 4 nitrogen and oxygen atoms in total. The highest BCUT2D eigenvalue weighted by Gasteiger charge is 2.63. The molecule has 1 unspecified atom stereocenters. The summed E-state index contributed by atoms with van der Waals surface area (Å²) in [5.74, 6) is -9.26. The van der Waals surface area contributed by atoms with Crippen LogP contribution in [0.15, 0.2) is 12.7 Å². The topological polar surface area (TPSA) is 55.4 Å². The summed E-state index contributed by atoms with van der Waals surface area (Å²) in [5.41, 5.74) is 0. The van der Waals surface area contributed by atoms with Crippen LogP contribution in [0, 0.1) is 0 Å². The summed E-state index contributed by atoms with van der Waals surface area (Å²) in [6, 6.07) is -1.64. The summed E-state index contributed by atoms with van der Waals surface area (Å²) < 4.78 is 67.1. The molecule has 0 saturated heterocycles. The van der Waals surface area contributed by atoms with Crippen molar-refractivity contribution in [1.29, 1.82) is 0 Å². The van der Waals surface area contributed by atoms with Crippen LogP contribution >= 0.6 is 0 Å². The molecule has 0 saturated carbocycles. The van der Waals surface area contributed by atoms with Crippen molar-refractivity contribution >= 4 is 11.9 Å². The molecule has 0 aliphatic heterocycles. The summed E-state index contributed by atoms with van der Waals surface area (Å²) in [7, 11) is 0. The van der Waals surface area contributed by atoms with Crippen molar-refractivity contribution in [1.82, 2.24) is 5.32 Å². The van der Waals surface area contributed by atoms with Crippen molar-refractivity contribution in [2.75, 3.05) is 6.61 Å². The molecular weight excluding hydrogens is 349 g/mol. The number of ether oxygens (including phenoxy) is 1. The van der Waals surface area contributed by atoms with Gasteiger partial charge in [-0.15, -0.1) is 6.58 Å². The maximum Gasteiger partial charge on any atom is 0.463 e. The summed E-state index contributed by atoms with van der Waals surface area (Å²) in [4.78, 5) is 22.9. The number of rotatable bonds is 12. The molecule has 0 aliphatic rings. The lowest BCUT2D eigenvalue weighted by molar-refractivity contribution is -0.270. The van der Waals surface area contributed by atoms with Crippen molar-refractivity contribution < 1.29 is 36.3 Å². The monoisotopic (exact) mass is 373 g/mol. The molecule has 9 heteroatoms. The van der Waals surface area contributed by atoms with Gasteiger partial charge < -0.3 is 10.1 Å². The van der Waals surface area contributed by atoms with Gasteiger partial charge in [0.15, 0.2) is 0 Å². The van der Waals surface area contributed by atoms with E-state index in [4.69, 9.17) is 4.74 Å². The van der Waals surface area contributed by atoms with Crippen LogP contribution < -0.4 is 5.32 Å². The second kappa shape index (κ2) is 11.0. The van der Waals surface area contributed by atoms with Gasteiger partial charge in [0, 0.05) is 0 Å². The highest BCUT2D eigenvalue weighted by molar-refractivity contribution is 5.89. The highest BCUT2D eigenvalue weighted by Crippen LogP contribution is 2.35. The first kappa shape index (κ1) is 23.3. The number of carbonyl (C=O) groups is 2. The first-order chi connectivity index (χ1) is 11.6. The Bertz CT molecular complexity index is 438. The van der Waals surface area contributed by atoms with Crippen molar-refractivity contribution in [2.24, 2.45) is 0 Å². The largest absolute Gasteiger partial charge is 0.464 e. The first-order valence-electron chi connectivity index (χ1n) is 8.11. The van der Waals surface area contributed by atoms with Crippen molar-refractivity contribution in [2.45, 2.75) is 70.0 Å². The van der Waals surface area contributed by atoms with E-state index in [0.717, 1.165) is 38.2 Å². The Morgan fingerprint density at radius 3 is 2.16 bits per heavy atom. The summed E-state index contributed by atoms with van der Waals surface area (Å²) in [5, 5.41) is 1.38. The molecular formula is C16H24F5NO3. The number of hydrogen-bond donors (Lipinski definition) is 1. The molecule has 0 aliphatic carbocycles. The zero-order valence-corrected chi connectivity index (χ0v) is 14.1. The van der Waals surface area contributed by atoms with Crippen LogP contribution in [0.4, 0.5) is 22.0 Å². The van der Waals surface area contributed by atoms with Gasteiger partial charge in [0.25, 0.3) is 0 Å². The number of amides is 1. The maximum absolute atomic E-state index is 12.9. The minimum atomic E-state index is -6.04. The molecule has 0 fully saturated rings. The second-order valence-electron chi connectivity index (χ2n) is 5.56. The lowest BCUT2D eigenvalue weighted by Gasteiger charge is -2.22. The van der Waals surface area contributed by atoms with E-state index in [9.17, 15) is 31.5 Å². The third kappa shape index (κ3) is 8.31. The van der Waals surface area contributed by atoms with Gasteiger partial charge in [0.2, 0.25) is 0 Å². The minimum absolute atomic E-state index is 0.00410. The molecule has 25 heavy (non-hydrogen) atoms. The molecule has 0 spiro atoms. The van der Waals surface area contributed by atoms with Crippen LogP contribution in [0.1, 0.15) is 51.9 Å². The van der Waals surface area contributed by atoms with E-state index < -0.39 is 30.0 Å². The van der Waals surface area contributed by atoms with E-state index in [1.807, 2.05) is 0 Å². The smallest absolute Gasteiger partial charge is 0.463 e. The van der Waals surface area contributed by atoms with Crippen molar-refractivity contribution in [3.05, 3.63) is 12.7 Å². The Labute approximate surface area is 143 Å². The fourth-order valence-corrected chi connectivity index (χ4v) is 1.91. The number of hydrogen-bond acceptors (Lipinski definition) is 3. The normalized spacial score (nSPS) is 13.2. The molecule has 1 N–H and O–H groups in total. The first-order valence-corrected chi connectivity index (χ1v) is 8.11. The quantitative estimate of drug-likeness (QED) is 0.242. The van der Waals surface area contributed by atoms with E-state index in [1.54, 1.807) is 0 Å². The lowest BCUT2D eigenvalue weighted by Crippen LogP contribution is -2.54. The molecule has 0 aromatic heterocycles. The van der Waals surface area contributed by atoms with Crippen LogP contribution in [0.3, 0.4) is 0 Å². The molecule has 1 atom stereocenters. The predicted molar refractivity (Wildman–Crippen MR) is 82.1 cm³/mol. The van der Waals surface area contributed by atoms with E-state index >= 15 is 0 Å². The standard InChI is InChI=1S/C16H24F5NO3/c1-3-5-6-7-8-9-11-25-13(23)12(10-4-2)22-14(24)15(17,18)16(19,20)21/h4,12H,2-3,5-11H2,1H3,(H,22,24). The average molecular weight is 373 g/mol. The Balaban J connectivity index is 4.46. The minimum Gasteiger partial charge on any atom is -0.464 e. The van der Waals surface area contributed by atoms with Crippen LogP contribution in [-0.2, 0) is 14.3 Å². The number of unbranched alkanes of at least 4 members (excludes halogenated alkanes) is 5. The zero-order valence-electron chi connectivity index (χ0n) is 14.1. The Hall–Kier alpha value is -1.67. The summed E-state index contributed by atoms with van der Waals surface area (Å²) >= 11 is 0. The molecule has 0 aromatic carbocycles. The van der Waals surface area contributed by atoms with Gasteiger partial charge in [-0.3, -0.25) is 4.79 Å². The Kier molecular flexibility index (Phi) is 10.3. The fraction of sp³-hybridized carbons (Fsp3) is 0.750. The predicted octanol–water partition coefficient (Wildman–Crippen LogP) is 4.15. The number of halogens is 5. The molecule has 0 rings (SSSR count). The lowest BCUT2D eigenvalue weighted by atomic mass is 10.1. The molecule has 0 radical (unpaired) electrons. The van der Waals surface area contributed by atoms with Gasteiger partial charge >= 0.3 is 24.0 Å². The molecule has 146 valence electrons. The van der Waals surface area contributed by atoms with Crippen molar-refractivity contribution in [3.63, 3.8) is 0 Å². The second-order valence-corrected chi connectivity index (χ2v) is 5.56. The maximum atomic E-state index is 12.9. The number of alkyl halides is 5. The number of nitrogens with one attached hydrogen (secondary N) is 1. The Morgan fingerprint density at radius 1 is 1.08 bits per heavy atom. The highest BCUT2D eigenvalue weighted by atomic mass is 19.4. The SMILES string of the molecule is C=CCC(NC(=O)C(F)(F)C(F)(F)F)C(=O)OCCCCCCCC.